The van der Waals surface area contributed by atoms with Crippen LogP contribution in [0.2, 0.25) is 0 Å². The first-order valence-corrected chi connectivity index (χ1v) is 7.01. The van der Waals surface area contributed by atoms with Crippen molar-refractivity contribution >= 4 is 18.5 Å². The van der Waals surface area contributed by atoms with Crippen LogP contribution in [0.1, 0.15) is 48.7 Å². The van der Waals surface area contributed by atoms with Crippen LogP contribution in [0, 0.1) is 6.92 Å². The molecule has 1 aromatic rings. The molecule has 0 heterocycles. The summed E-state index contributed by atoms with van der Waals surface area (Å²) in [5, 5.41) is 2.70. The fraction of sp³-hybridized carbons (Fsp3) is 0.412. The van der Waals surface area contributed by atoms with E-state index in [1.54, 1.807) is 6.07 Å². The van der Waals surface area contributed by atoms with Crippen LogP contribution in [0.15, 0.2) is 24.3 Å². The van der Waals surface area contributed by atoms with Crippen molar-refractivity contribution in [3.05, 3.63) is 41.0 Å². The first-order chi connectivity index (χ1) is 9.81. The predicted molar refractivity (Wildman–Crippen MR) is 84.5 cm³/mol. The molecule has 0 bridgehead atoms. The number of nitrogens with one attached hydrogen (secondary N) is 1. The average Bonchev–Trinajstić information content (AvgIpc) is 2.37. The van der Waals surface area contributed by atoms with Gasteiger partial charge in [-0.2, -0.15) is 0 Å². The van der Waals surface area contributed by atoms with Crippen LogP contribution in [0.25, 0.3) is 6.08 Å². The van der Waals surface area contributed by atoms with Crippen LogP contribution in [0.5, 0.6) is 0 Å². The van der Waals surface area contributed by atoms with Crippen molar-refractivity contribution in [3.8, 4) is 0 Å². The highest BCUT2D eigenvalue weighted by Crippen LogP contribution is 2.12. The third-order valence-electron chi connectivity index (χ3n) is 2.71. The number of hydrogen-bond acceptors (Lipinski definition) is 3. The molecule has 1 N–H and O–H groups in total. The molecule has 0 spiro atoms. The topological polar surface area (TPSA) is 55.4 Å². The largest absolute Gasteiger partial charge is 0.444 e. The van der Waals surface area contributed by atoms with Gasteiger partial charge in [0.1, 0.15) is 11.9 Å². The van der Waals surface area contributed by atoms with Crippen LogP contribution in [0.4, 0.5) is 4.79 Å². The van der Waals surface area contributed by atoms with Crippen LogP contribution in [0.3, 0.4) is 0 Å². The quantitative estimate of drug-likeness (QED) is 0.663. The standard InChI is InChI=1S/C17H23NO3/c1-13-11-14(12-19)8-9-15(13)7-5-6-10-18-16(20)21-17(2,3)4/h5,7-9,11-12H,6,10H2,1-4H3,(H,18,20). The lowest BCUT2D eigenvalue weighted by Gasteiger charge is -2.19. The van der Waals surface area contributed by atoms with Gasteiger partial charge in [0.15, 0.2) is 0 Å². The van der Waals surface area contributed by atoms with Crippen molar-refractivity contribution in [2.75, 3.05) is 6.54 Å². The monoisotopic (exact) mass is 289 g/mol. The van der Waals surface area contributed by atoms with E-state index in [1.165, 1.54) is 0 Å². The Morgan fingerprint density at radius 3 is 2.62 bits per heavy atom. The van der Waals surface area contributed by atoms with E-state index >= 15 is 0 Å². The number of alkyl carbamates (subject to hydrolysis) is 1. The Hall–Kier alpha value is -2.10. The van der Waals surface area contributed by atoms with Crippen LogP contribution in [-0.2, 0) is 4.74 Å². The van der Waals surface area contributed by atoms with Crippen LogP contribution in [-0.4, -0.2) is 24.5 Å². The molecule has 0 radical (unpaired) electrons. The fourth-order valence-corrected chi connectivity index (χ4v) is 1.74. The van der Waals surface area contributed by atoms with E-state index in [0.717, 1.165) is 17.4 Å². The van der Waals surface area contributed by atoms with Crippen molar-refractivity contribution < 1.29 is 14.3 Å². The molecule has 0 saturated heterocycles. The van der Waals surface area contributed by atoms with Gasteiger partial charge in [-0.15, -0.1) is 0 Å². The van der Waals surface area contributed by atoms with E-state index in [0.29, 0.717) is 18.5 Å². The minimum atomic E-state index is -0.475. The molecule has 4 heteroatoms. The third kappa shape index (κ3) is 6.75. The molecule has 114 valence electrons. The van der Waals surface area contributed by atoms with E-state index in [4.69, 9.17) is 4.74 Å². The fourth-order valence-electron chi connectivity index (χ4n) is 1.74. The Morgan fingerprint density at radius 2 is 2.05 bits per heavy atom. The second-order valence-corrected chi connectivity index (χ2v) is 5.85. The Labute approximate surface area is 126 Å². The molecular weight excluding hydrogens is 266 g/mol. The van der Waals surface area contributed by atoms with E-state index in [2.05, 4.69) is 5.32 Å². The normalized spacial score (nSPS) is 11.4. The molecular formula is C17H23NO3. The van der Waals surface area contributed by atoms with Crippen LogP contribution >= 0.6 is 0 Å². The summed E-state index contributed by atoms with van der Waals surface area (Å²) >= 11 is 0. The molecule has 0 saturated carbocycles. The number of aldehydes is 1. The highest BCUT2D eigenvalue weighted by atomic mass is 16.6. The summed E-state index contributed by atoms with van der Waals surface area (Å²) in [7, 11) is 0. The summed E-state index contributed by atoms with van der Waals surface area (Å²) in [5.41, 5.74) is 2.32. The van der Waals surface area contributed by atoms with Gasteiger partial charge in [-0.05, 0) is 51.3 Å². The van der Waals surface area contributed by atoms with Gasteiger partial charge in [0.25, 0.3) is 0 Å². The number of benzene rings is 1. The van der Waals surface area contributed by atoms with Crippen LogP contribution < -0.4 is 5.32 Å². The smallest absolute Gasteiger partial charge is 0.407 e. The number of ether oxygens (including phenoxy) is 1. The molecule has 4 nitrogen and oxygen atoms in total. The zero-order valence-electron chi connectivity index (χ0n) is 13.1. The van der Waals surface area contributed by atoms with Gasteiger partial charge in [-0.1, -0.05) is 24.3 Å². The summed E-state index contributed by atoms with van der Waals surface area (Å²) in [6.07, 6.45) is 5.13. The van der Waals surface area contributed by atoms with Gasteiger partial charge >= 0.3 is 6.09 Å². The van der Waals surface area contributed by atoms with E-state index < -0.39 is 11.7 Å². The molecule has 0 fully saturated rings. The summed E-state index contributed by atoms with van der Waals surface area (Å²) in [5.74, 6) is 0. The maximum Gasteiger partial charge on any atom is 0.407 e. The summed E-state index contributed by atoms with van der Waals surface area (Å²) in [6.45, 7) is 7.98. The molecule has 1 rings (SSSR count). The maximum atomic E-state index is 11.4. The summed E-state index contributed by atoms with van der Waals surface area (Å²) < 4.78 is 5.14. The number of amides is 1. The lowest BCUT2D eigenvalue weighted by atomic mass is 10.1. The van der Waals surface area contributed by atoms with Gasteiger partial charge in [-0.25, -0.2) is 4.79 Å². The Bertz CT molecular complexity index is 527. The van der Waals surface area contributed by atoms with Crippen molar-refractivity contribution in [1.82, 2.24) is 5.32 Å². The molecule has 0 aliphatic heterocycles. The zero-order chi connectivity index (χ0) is 15.9. The van der Waals surface area contributed by atoms with Crippen molar-refractivity contribution in [1.29, 1.82) is 0 Å². The molecule has 0 aliphatic carbocycles. The number of carbonyl (C=O) groups excluding carboxylic acids is 2. The molecule has 1 aromatic carbocycles. The molecule has 0 atom stereocenters. The molecule has 0 aliphatic rings. The van der Waals surface area contributed by atoms with Gasteiger partial charge < -0.3 is 10.1 Å². The zero-order valence-corrected chi connectivity index (χ0v) is 13.1. The summed E-state index contributed by atoms with van der Waals surface area (Å²) in [6, 6.07) is 5.56. The number of hydrogen-bond donors (Lipinski definition) is 1. The van der Waals surface area contributed by atoms with Crippen molar-refractivity contribution in [3.63, 3.8) is 0 Å². The number of carbonyl (C=O) groups is 2. The van der Waals surface area contributed by atoms with Gasteiger partial charge in [0.05, 0.1) is 0 Å². The minimum Gasteiger partial charge on any atom is -0.444 e. The van der Waals surface area contributed by atoms with E-state index in [9.17, 15) is 9.59 Å². The van der Waals surface area contributed by atoms with Gasteiger partial charge in [0, 0.05) is 12.1 Å². The molecule has 1 amide bonds. The first kappa shape index (κ1) is 17.0. The number of rotatable bonds is 5. The first-order valence-electron chi connectivity index (χ1n) is 7.01. The molecule has 0 aromatic heterocycles. The maximum absolute atomic E-state index is 11.4. The lowest BCUT2D eigenvalue weighted by molar-refractivity contribution is 0.0528. The lowest BCUT2D eigenvalue weighted by Crippen LogP contribution is -2.32. The van der Waals surface area contributed by atoms with Gasteiger partial charge in [0.2, 0.25) is 0 Å². The Balaban J connectivity index is 2.39. The van der Waals surface area contributed by atoms with Crippen molar-refractivity contribution in [2.24, 2.45) is 0 Å². The Morgan fingerprint density at radius 1 is 1.33 bits per heavy atom. The third-order valence-corrected chi connectivity index (χ3v) is 2.71. The minimum absolute atomic E-state index is 0.401. The predicted octanol–water partition coefficient (Wildman–Crippen LogP) is 3.74. The average molecular weight is 289 g/mol. The highest BCUT2D eigenvalue weighted by Gasteiger charge is 2.15. The van der Waals surface area contributed by atoms with E-state index in [1.807, 2.05) is 52.0 Å². The molecule has 21 heavy (non-hydrogen) atoms. The second kappa shape index (κ2) is 7.62. The SMILES string of the molecule is Cc1cc(C=O)ccc1C=CCCNC(=O)OC(C)(C)C. The van der Waals surface area contributed by atoms with Crippen molar-refractivity contribution in [2.45, 2.75) is 39.7 Å². The number of aryl methyl sites for hydroxylation is 1. The second-order valence-electron chi connectivity index (χ2n) is 5.85. The highest BCUT2D eigenvalue weighted by molar-refractivity contribution is 5.76. The molecule has 0 unspecified atom stereocenters. The Kier molecular flexibility index (Phi) is 6.15. The summed E-state index contributed by atoms with van der Waals surface area (Å²) in [4.78, 5) is 22.1. The van der Waals surface area contributed by atoms with Gasteiger partial charge in [-0.3, -0.25) is 4.79 Å². The van der Waals surface area contributed by atoms with E-state index in [-0.39, 0.29) is 0 Å².